The van der Waals surface area contributed by atoms with Crippen molar-refractivity contribution >= 4 is 22.2 Å². The second-order valence-corrected chi connectivity index (χ2v) is 8.39. The summed E-state index contributed by atoms with van der Waals surface area (Å²) in [5.41, 5.74) is 5.07. The molecule has 2 aromatic heterocycles. The Morgan fingerprint density at radius 2 is 1.65 bits per heavy atom. The second-order valence-electron chi connectivity index (χ2n) is 8.39. The molecule has 4 heteroatoms. The van der Waals surface area contributed by atoms with Crippen LogP contribution in [0.4, 0.5) is 0 Å². The predicted molar refractivity (Wildman–Crippen MR) is 123 cm³/mol. The number of benzene rings is 2. The average molecular weight is 409 g/mol. The molecule has 0 spiro atoms. The van der Waals surface area contributed by atoms with Gasteiger partial charge < -0.3 is 9.47 Å². The Balaban J connectivity index is 1.35. The van der Waals surface area contributed by atoms with Crippen molar-refractivity contribution in [3.63, 3.8) is 0 Å². The van der Waals surface area contributed by atoms with Gasteiger partial charge in [0, 0.05) is 35.3 Å². The van der Waals surface area contributed by atoms with Crippen LogP contribution in [0.3, 0.4) is 0 Å². The molecular formula is C27H24N2O2. The molecule has 1 aliphatic rings. The summed E-state index contributed by atoms with van der Waals surface area (Å²) < 4.78 is 12.3. The van der Waals surface area contributed by atoms with E-state index in [1.165, 1.54) is 5.57 Å². The van der Waals surface area contributed by atoms with Crippen molar-refractivity contribution in [1.82, 2.24) is 9.97 Å². The fourth-order valence-electron chi connectivity index (χ4n) is 3.95. The van der Waals surface area contributed by atoms with Crippen LogP contribution in [0.1, 0.15) is 37.1 Å². The molecule has 5 rings (SSSR count). The summed E-state index contributed by atoms with van der Waals surface area (Å²) in [6.07, 6.45) is 4.45. The summed E-state index contributed by atoms with van der Waals surface area (Å²) >= 11 is 0. The van der Waals surface area contributed by atoms with Gasteiger partial charge in [-0.3, -0.25) is 4.98 Å². The van der Waals surface area contributed by atoms with Crippen molar-refractivity contribution in [1.29, 1.82) is 0 Å². The Labute approximate surface area is 182 Å². The molecular weight excluding hydrogens is 384 g/mol. The highest BCUT2D eigenvalue weighted by atomic mass is 16.5. The Bertz CT molecular complexity index is 1250. The van der Waals surface area contributed by atoms with Gasteiger partial charge in [0.25, 0.3) is 0 Å². The molecule has 0 radical (unpaired) electrons. The number of pyridine rings is 2. The minimum absolute atomic E-state index is 0.231. The number of ether oxygens (including phenoxy) is 2. The number of fused-ring (bicyclic) bond motifs is 1. The molecule has 0 amide bonds. The van der Waals surface area contributed by atoms with Gasteiger partial charge >= 0.3 is 0 Å². The van der Waals surface area contributed by atoms with Crippen LogP contribution in [-0.2, 0) is 11.3 Å². The number of hydrogen-bond acceptors (Lipinski definition) is 4. The lowest BCUT2D eigenvalue weighted by Crippen LogP contribution is -2.17. The summed E-state index contributed by atoms with van der Waals surface area (Å²) in [6, 6.07) is 24.4. The maximum Gasteiger partial charge on any atom is 0.131 e. The Hall–Kier alpha value is -3.66. The fourth-order valence-corrected chi connectivity index (χ4v) is 3.95. The van der Waals surface area contributed by atoms with Gasteiger partial charge in [-0.1, -0.05) is 36.4 Å². The van der Waals surface area contributed by atoms with Crippen molar-refractivity contribution in [3.8, 4) is 5.75 Å². The average Bonchev–Trinajstić information content (AvgIpc) is 3.14. The van der Waals surface area contributed by atoms with E-state index in [4.69, 9.17) is 9.47 Å². The van der Waals surface area contributed by atoms with Crippen LogP contribution in [0, 0.1) is 0 Å². The van der Waals surface area contributed by atoms with Gasteiger partial charge in [0.15, 0.2) is 0 Å². The zero-order chi connectivity index (χ0) is 21.3. The molecule has 1 aliphatic heterocycles. The summed E-state index contributed by atoms with van der Waals surface area (Å²) in [6.45, 7) is 4.68. The van der Waals surface area contributed by atoms with E-state index in [2.05, 4.69) is 48.1 Å². The van der Waals surface area contributed by atoms with Crippen molar-refractivity contribution in [2.75, 3.05) is 0 Å². The van der Waals surface area contributed by atoms with Crippen LogP contribution < -0.4 is 4.74 Å². The topological polar surface area (TPSA) is 44.2 Å². The lowest BCUT2D eigenvalue weighted by Gasteiger charge is -2.19. The van der Waals surface area contributed by atoms with E-state index in [0.717, 1.165) is 45.7 Å². The van der Waals surface area contributed by atoms with Crippen LogP contribution in [0.25, 0.3) is 22.2 Å². The van der Waals surface area contributed by atoms with E-state index in [1.807, 2.05) is 48.5 Å². The standard InChI is InChI=1S/C27H24N2O2/c1-27(2)17-24(26(31-27)21-13-15-28-16-14-21)19-8-11-23(12-9-19)30-18-22-10-7-20-5-3-4-6-25(20)29-22/h3-16H,17-18H2,1-2H3. The molecule has 0 atom stereocenters. The number of hydrogen-bond donors (Lipinski definition) is 0. The Kier molecular flexibility index (Phi) is 4.91. The normalized spacial score (nSPS) is 15.2. The quantitative estimate of drug-likeness (QED) is 0.390. The van der Waals surface area contributed by atoms with Crippen LogP contribution >= 0.6 is 0 Å². The van der Waals surface area contributed by atoms with E-state index >= 15 is 0 Å². The maximum absolute atomic E-state index is 6.28. The SMILES string of the molecule is CC1(C)CC(c2ccc(OCc3ccc4ccccc4n3)cc2)=C(c2ccncc2)O1. The van der Waals surface area contributed by atoms with Crippen molar-refractivity contribution < 1.29 is 9.47 Å². The molecule has 0 fully saturated rings. The van der Waals surface area contributed by atoms with Gasteiger partial charge in [-0.25, -0.2) is 4.98 Å². The first kappa shape index (κ1) is 19.3. The molecule has 0 unspecified atom stereocenters. The minimum atomic E-state index is -0.231. The minimum Gasteiger partial charge on any atom is -0.487 e. The van der Waals surface area contributed by atoms with Crippen molar-refractivity contribution in [2.45, 2.75) is 32.5 Å². The third kappa shape index (κ3) is 4.15. The highest BCUT2D eigenvalue weighted by Gasteiger charge is 2.33. The van der Waals surface area contributed by atoms with E-state index in [-0.39, 0.29) is 5.60 Å². The maximum atomic E-state index is 6.28. The van der Waals surface area contributed by atoms with Crippen LogP contribution in [-0.4, -0.2) is 15.6 Å². The predicted octanol–water partition coefficient (Wildman–Crippen LogP) is 6.28. The molecule has 0 aliphatic carbocycles. The molecule has 0 saturated heterocycles. The smallest absolute Gasteiger partial charge is 0.131 e. The highest BCUT2D eigenvalue weighted by Crippen LogP contribution is 2.43. The second kappa shape index (κ2) is 7.88. The van der Waals surface area contributed by atoms with E-state index < -0.39 is 0 Å². The van der Waals surface area contributed by atoms with Gasteiger partial charge in [-0.2, -0.15) is 0 Å². The van der Waals surface area contributed by atoms with Gasteiger partial charge in [0.1, 0.15) is 23.7 Å². The zero-order valence-electron chi connectivity index (χ0n) is 17.7. The summed E-state index contributed by atoms with van der Waals surface area (Å²) in [7, 11) is 0. The molecule has 0 bridgehead atoms. The number of rotatable bonds is 5. The summed E-state index contributed by atoms with van der Waals surface area (Å²) in [4.78, 5) is 8.80. The number of para-hydroxylation sites is 1. The lowest BCUT2D eigenvalue weighted by atomic mass is 9.94. The van der Waals surface area contributed by atoms with Crippen LogP contribution in [0.15, 0.2) is 85.2 Å². The van der Waals surface area contributed by atoms with E-state index in [1.54, 1.807) is 12.4 Å². The molecule has 0 saturated carbocycles. The van der Waals surface area contributed by atoms with Crippen LogP contribution in [0.2, 0.25) is 0 Å². The molecule has 4 nitrogen and oxygen atoms in total. The zero-order valence-corrected chi connectivity index (χ0v) is 17.7. The largest absolute Gasteiger partial charge is 0.487 e. The first-order valence-electron chi connectivity index (χ1n) is 10.5. The van der Waals surface area contributed by atoms with Crippen molar-refractivity contribution in [2.24, 2.45) is 0 Å². The third-order valence-electron chi connectivity index (χ3n) is 5.44. The van der Waals surface area contributed by atoms with Gasteiger partial charge in [-0.05, 0) is 55.8 Å². The van der Waals surface area contributed by atoms with E-state index in [0.29, 0.717) is 6.61 Å². The highest BCUT2D eigenvalue weighted by molar-refractivity contribution is 5.90. The molecule has 2 aromatic carbocycles. The van der Waals surface area contributed by atoms with Crippen molar-refractivity contribution in [3.05, 3.63) is 102 Å². The van der Waals surface area contributed by atoms with Gasteiger partial charge in [0.05, 0.1) is 11.2 Å². The number of aromatic nitrogens is 2. The molecule has 4 aromatic rings. The van der Waals surface area contributed by atoms with Crippen LogP contribution in [0.5, 0.6) is 5.75 Å². The fraction of sp³-hybridized carbons (Fsp3) is 0.185. The first-order chi connectivity index (χ1) is 15.1. The molecule has 154 valence electrons. The Morgan fingerprint density at radius 1 is 0.871 bits per heavy atom. The molecule has 3 heterocycles. The van der Waals surface area contributed by atoms with E-state index in [9.17, 15) is 0 Å². The monoisotopic (exact) mass is 408 g/mol. The molecule has 31 heavy (non-hydrogen) atoms. The molecule has 0 N–H and O–H groups in total. The van der Waals surface area contributed by atoms with Gasteiger partial charge in [-0.15, -0.1) is 0 Å². The number of nitrogens with zero attached hydrogens (tertiary/aromatic N) is 2. The lowest BCUT2D eigenvalue weighted by molar-refractivity contribution is 0.101. The first-order valence-corrected chi connectivity index (χ1v) is 10.5. The summed E-state index contributed by atoms with van der Waals surface area (Å²) in [5, 5.41) is 1.13. The third-order valence-corrected chi connectivity index (χ3v) is 5.44. The Morgan fingerprint density at radius 3 is 2.45 bits per heavy atom. The summed E-state index contributed by atoms with van der Waals surface area (Å²) in [5.74, 6) is 1.75. The van der Waals surface area contributed by atoms with Gasteiger partial charge in [0.2, 0.25) is 0 Å².